The minimum Gasteiger partial charge on any atom is -0.336 e. The van der Waals surface area contributed by atoms with Gasteiger partial charge >= 0.3 is 0 Å². The summed E-state index contributed by atoms with van der Waals surface area (Å²) in [6, 6.07) is 9.33. The molecular weight excluding hydrogens is 420 g/mol. The van der Waals surface area contributed by atoms with Crippen molar-refractivity contribution in [2.75, 3.05) is 38.0 Å². The van der Waals surface area contributed by atoms with Gasteiger partial charge in [-0.1, -0.05) is 23.7 Å². The van der Waals surface area contributed by atoms with Crippen molar-refractivity contribution in [3.8, 4) is 6.07 Å². The first-order valence-electron chi connectivity index (χ1n) is 10.2. The number of carbonyl (C=O) groups excluding carboxylic acids is 2. The molecule has 1 aliphatic heterocycles. The zero-order chi connectivity index (χ0) is 21.1. The molecule has 1 aromatic carbocycles. The third-order valence-electron chi connectivity index (χ3n) is 5.67. The quantitative estimate of drug-likeness (QED) is 0.785. The second kappa shape index (κ2) is 9.17. The van der Waals surface area contributed by atoms with E-state index >= 15 is 0 Å². The molecule has 0 saturated carbocycles. The Labute approximate surface area is 185 Å². The predicted octanol–water partition coefficient (Wildman–Crippen LogP) is 3.55. The van der Waals surface area contributed by atoms with Crippen LogP contribution in [-0.4, -0.2) is 54.3 Å². The number of amides is 2. The smallest absolute Gasteiger partial charge is 0.255 e. The van der Waals surface area contributed by atoms with E-state index in [1.807, 2.05) is 4.90 Å². The second-order valence-electron chi connectivity index (χ2n) is 7.62. The van der Waals surface area contributed by atoms with E-state index in [1.54, 1.807) is 40.5 Å². The van der Waals surface area contributed by atoms with Gasteiger partial charge < -0.3 is 10.2 Å². The second-order valence-corrected chi connectivity index (χ2v) is 9.14. The van der Waals surface area contributed by atoms with Crippen LogP contribution < -0.4 is 5.32 Å². The largest absolute Gasteiger partial charge is 0.336 e. The van der Waals surface area contributed by atoms with Gasteiger partial charge in [0.05, 0.1) is 22.7 Å². The minimum atomic E-state index is -0.115. The van der Waals surface area contributed by atoms with Gasteiger partial charge in [-0.3, -0.25) is 14.5 Å². The number of nitriles is 1. The van der Waals surface area contributed by atoms with E-state index in [0.29, 0.717) is 47.3 Å². The van der Waals surface area contributed by atoms with Crippen LogP contribution >= 0.6 is 22.9 Å². The van der Waals surface area contributed by atoms with Crippen LogP contribution in [0.5, 0.6) is 0 Å². The number of nitrogens with one attached hydrogen (secondary N) is 1. The van der Waals surface area contributed by atoms with Crippen molar-refractivity contribution >= 4 is 39.8 Å². The van der Waals surface area contributed by atoms with Gasteiger partial charge in [0, 0.05) is 31.1 Å². The van der Waals surface area contributed by atoms with Crippen LogP contribution in [-0.2, 0) is 17.6 Å². The van der Waals surface area contributed by atoms with Crippen molar-refractivity contribution in [1.82, 2.24) is 9.80 Å². The Morgan fingerprint density at radius 3 is 2.60 bits per heavy atom. The number of nitrogens with zero attached hydrogens (tertiary/aromatic N) is 3. The Morgan fingerprint density at radius 2 is 1.87 bits per heavy atom. The molecule has 156 valence electrons. The summed E-state index contributed by atoms with van der Waals surface area (Å²) in [5.41, 5.74) is 2.27. The molecule has 2 heterocycles. The van der Waals surface area contributed by atoms with E-state index in [0.717, 1.165) is 31.2 Å². The number of halogens is 1. The number of anilines is 1. The van der Waals surface area contributed by atoms with Crippen LogP contribution in [0.25, 0.3) is 0 Å². The molecule has 0 radical (unpaired) electrons. The zero-order valence-electron chi connectivity index (χ0n) is 16.6. The topological polar surface area (TPSA) is 76.4 Å². The van der Waals surface area contributed by atoms with E-state index in [4.69, 9.17) is 11.6 Å². The summed E-state index contributed by atoms with van der Waals surface area (Å²) >= 11 is 7.68. The minimum absolute atomic E-state index is 0.0764. The molecule has 1 aliphatic carbocycles. The van der Waals surface area contributed by atoms with Crippen LogP contribution in [0, 0.1) is 11.3 Å². The molecule has 0 atom stereocenters. The monoisotopic (exact) mass is 442 g/mol. The summed E-state index contributed by atoms with van der Waals surface area (Å²) in [7, 11) is 0. The number of hydrogen-bond donors (Lipinski definition) is 1. The van der Waals surface area contributed by atoms with Crippen LogP contribution in [0.1, 0.15) is 39.2 Å². The molecule has 30 heavy (non-hydrogen) atoms. The Hall–Kier alpha value is -2.40. The molecule has 8 heteroatoms. The lowest BCUT2D eigenvalue weighted by molar-refractivity contribution is -0.117. The van der Waals surface area contributed by atoms with Gasteiger partial charge in [-0.2, -0.15) is 5.26 Å². The number of thiophene rings is 1. The first kappa shape index (κ1) is 20.9. The van der Waals surface area contributed by atoms with Crippen LogP contribution in [0.15, 0.2) is 24.3 Å². The molecule has 2 amide bonds. The molecule has 2 aliphatic rings. The number of benzene rings is 1. The molecule has 1 N–H and O–H groups in total. The molecule has 0 bridgehead atoms. The molecular formula is C22H23ClN4O2S. The lowest BCUT2D eigenvalue weighted by Crippen LogP contribution is -2.50. The SMILES string of the molecule is N#Cc1c(NC(=O)CN2CCN(C(=O)c3ccccc3Cl)CC2)sc2c1CCCC2. The van der Waals surface area contributed by atoms with Crippen molar-refractivity contribution in [2.45, 2.75) is 25.7 Å². The summed E-state index contributed by atoms with van der Waals surface area (Å²) < 4.78 is 0. The van der Waals surface area contributed by atoms with Crippen molar-refractivity contribution in [3.05, 3.63) is 50.9 Å². The van der Waals surface area contributed by atoms with Crippen molar-refractivity contribution < 1.29 is 9.59 Å². The van der Waals surface area contributed by atoms with E-state index in [-0.39, 0.29) is 18.4 Å². The van der Waals surface area contributed by atoms with Crippen LogP contribution in [0.3, 0.4) is 0 Å². The Bertz CT molecular complexity index is 1010. The number of fused-ring (bicyclic) bond motifs is 1. The molecule has 6 nitrogen and oxygen atoms in total. The van der Waals surface area contributed by atoms with Crippen molar-refractivity contribution in [3.63, 3.8) is 0 Å². The number of aryl methyl sites for hydroxylation is 1. The van der Waals surface area contributed by atoms with Gasteiger partial charge in [0.1, 0.15) is 11.1 Å². The summed E-state index contributed by atoms with van der Waals surface area (Å²) in [5, 5.41) is 13.6. The fraction of sp³-hybridized carbons (Fsp3) is 0.409. The molecule has 1 fully saturated rings. The van der Waals surface area contributed by atoms with Gasteiger partial charge in [-0.05, 0) is 43.4 Å². The average Bonchev–Trinajstić information content (AvgIpc) is 3.11. The lowest BCUT2D eigenvalue weighted by atomic mass is 9.96. The van der Waals surface area contributed by atoms with Gasteiger partial charge in [-0.25, -0.2) is 0 Å². The maximum atomic E-state index is 12.7. The highest BCUT2D eigenvalue weighted by Gasteiger charge is 2.26. The van der Waals surface area contributed by atoms with Crippen LogP contribution in [0.2, 0.25) is 5.02 Å². The van der Waals surface area contributed by atoms with E-state index in [2.05, 4.69) is 11.4 Å². The van der Waals surface area contributed by atoms with Gasteiger partial charge in [0.15, 0.2) is 0 Å². The standard InChI is InChI=1S/C22H23ClN4O2S/c23-18-7-3-1-6-16(18)22(29)27-11-9-26(10-12-27)14-20(28)25-21-17(13-24)15-5-2-4-8-19(15)30-21/h1,3,6-7H,2,4-5,8-12,14H2,(H,25,28). The first-order chi connectivity index (χ1) is 14.6. The average molecular weight is 443 g/mol. The Balaban J connectivity index is 1.32. The molecule has 4 rings (SSSR count). The maximum Gasteiger partial charge on any atom is 0.255 e. The molecule has 0 unspecified atom stereocenters. The summed E-state index contributed by atoms with van der Waals surface area (Å²) in [5.74, 6) is -0.191. The molecule has 1 aromatic heterocycles. The van der Waals surface area contributed by atoms with Gasteiger partial charge in [0.25, 0.3) is 5.91 Å². The zero-order valence-corrected chi connectivity index (χ0v) is 18.2. The summed E-state index contributed by atoms with van der Waals surface area (Å²) in [6.07, 6.45) is 4.16. The first-order valence-corrected chi connectivity index (χ1v) is 11.4. The Morgan fingerprint density at radius 1 is 1.13 bits per heavy atom. The summed E-state index contributed by atoms with van der Waals surface area (Å²) in [4.78, 5) is 30.3. The number of rotatable bonds is 4. The van der Waals surface area contributed by atoms with Crippen LogP contribution in [0.4, 0.5) is 5.00 Å². The summed E-state index contributed by atoms with van der Waals surface area (Å²) in [6.45, 7) is 2.59. The highest BCUT2D eigenvalue weighted by Crippen LogP contribution is 2.37. The normalized spacial score (nSPS) is 16.6. The highest BCUT2D eigenvalue weighted by molar-refractivity contribution is 7.16. The fourth-order valence-electron chi connectivity index (χ4n) is 4.06. The number of carbonyl (C=O) groups is 2. The Kier molecular flexibility index (Phi) is 6.38. The third kappa shape index (κ3) is 4.36. The molecule has 0 spiro atoms. The van der Waals surface area contributed by atoms with Crippen molar-refractivity contribution in [2.24, 2.45) is 0 Å². The van der Waals surface area contributed by atoms with E-state index in [1.165, 1.54) is 4.88 Å². The van der Waals surface area contributed by atoms with Gasteiger partial charge in [0.2, 0.25) is 5.91 Å². The molecule has 2 aromatic rings. The fourth-order valence-corrected chi connectivity index (χ4v) is 5.53. The van der Waals surface area contributed by atoms with Crippen molar-refractivity contribution in [1.29, 1.82) is 5.26 Å². The number of piperazine rings is 1. The highest BCUT2D eigenvalue weighted by atomic mass is 35.5. The van der Waals surface area contributed by atoms with E-state index < -0.39 is 0 Å². The predicted molar refractivity (Wildman–Crippen MR) is 118 cm³/mol. The third-order valence-corrected chi connectivity index (χ3v) is 7.20. The maximum absolute atomic E-state index is 12.7. The van der Waals surface area contributed by atoms with E-state index in [9.17, 15) is 14.9 Å². The molecule has 1 saturated heterocycles. The lowest BCUT2D eigenvalue weighted by Gasteiger charge is -2.34. The van der Waals surface area contributed by atoms with Gasteiger partial charge in [-0.15, -0.1) is 11.3 Å². The number of hydrogen-bond acceptors (Lipinski definition) is 5.